The number of hydrogen-bond acceptors (Lipinski definition) is 3. The Morgan fingerprint density at radius 2 is 1.79 bits per heavy atom. The molecule has 1 heterocycles. The molecule has 2 aliphatic rings. The SMILES string of the molecule is CCCNCC1(OC2CCOCC2)CCCCCC1. The molecule has 1 aliphatic carbocycles. The van der Waals surface area contributed by atoms with Crippen molar-refractivity contribution in [1.82, 2.24) is 5.32 Å². The second kappa shape index (κ2) is 8.23. The average Bonchev–Trinajstić information content (AvgIpc) is 2.66. The predicted molar refractivity (Wildman–Crippen MR) is 78.5 cm³/mol. The van der Waals surface area contributed by atoms with Gasteiger partial charge < -0.3 is 14.8 Å². The molecule has 0 atom stereocenters. The molecule has 3 nitrogen and oxygen atoms in total. The van der Waals surface area contributed by atoms with Crippen molar-refractivity contribution < 1.29 is 9.47 Å². The molecule has 0 aromatic carbocycles. The third-order valence-electron chi connectivity index (χ3n) is 4.47. The van der Waals surface area contributed by atoms with Crippen molar-refractivity contribution in [2.45, 2.75) is 76.4 Å². The highest BCUT2D eigenvalue weighted by atomic mass is 16.5. The lowest BCUT2D eigenvalue weighted by Crippen LogP contribution is -2.46. The van der Waals surface area contributed by atoms with Crippen LogP contribution in [0, 0.1) is 0 Å². The summed E-state index contributed by atoms with van der Waals surface area (Å²) in [5.74, 6) is 0. The summed E-state index contributed by atoms with van der Waals surface area (Å²) in [6.45, 7) is 6.13. The van der Waals surface area contributed by atoms with Gasteiger partial charge >= 0.3 is 0 Å². The van der Waals surface area contributed by atoms with Crippen molar-refractivity contribution in [3.63, 3.8) is 0 Å². The van der Waals surface area contributed by atoms with E-state index in [0.29, 0.717) is 6.10 Å². The van der Waals surface area contributed by atoms with Gasteiger partial charge in [-0.25, -0.2) is 0 Å². The average molecular weight is 269 g/mol. The molecule has 0 aromatic rings. The van der Waals surface area contributed by atoms with Crippen LogP contribution in [0.3, 0.4) is 0 Å². The van der Waals surface area contributed by atoms with Crippen molar-refractivity contribution >= 4 is 0 Å². The van der Waals surface area contributed by atoms with Gasteiger partial charge in [-0.05, 0) is 38.6 Å². The van der Waals surface area contributed by atoms with Gasteiger partial charge in [0.25, 0.3) is 0 Å². The summed E-state index contributed by atoms with van der Waals surface area (Å²) in [6.07, 6.45) is 11.7. The largest absolute Gasteiger partial charge is 0.381 e. The fraction of sp³-hybridized carbons (Fsp3) is 1.00. The Kier molecular flexibility index (Phi) is 6.62. The molecule has 2 rings (SSSR count). The summed E-state index contributed by atoms with van der Waals surface area (Å²) < 4.78 is 12.1. The Morgan fingerprint density at radius 1 is 1.11 bits per heavy atom. The van der Waals surface area contributed by atoms with Crippen LogP contribution in [0.5, 0.6) is 0 Å². The highest BCUT2D eigenvalue weighted by Crippen LogP contribution is 2.33. The van der Waals surface area contributed by atoms with Gasteiger partial charge in [-0.2, -0.15) is 0 Å². The molecule has 19 heavy (non-hydrogen) atoms. The van der Waals surface area contributed by atoms with Crippen LogP contribution in [0.1, 0.15) is 64.7 Å². The van der Waals surface area contributed by atoms with Crippen LogP contribution in [0.25, 0.3) is 0 Å². The first-order chi connectivity index (χ1) is 9.35. The highest BCUT2D eigenvalue weighted by Gasteiger charge is 2.34. The first-order valence-corrected chi connectivity index (χ1v) is 8.31. The molecule has 1 saturated carbocycles. The number of nitrogens with one attached hydrogen (secondary N) is 1. The van der Waals surface area contributed by atoms with Gasteiger partial charge in [-0.15, -0.1) is 0 Å². The van der Waals surface area contributed by atoms with Crippen LogP contribution < -0.4 is 5.32 Å². The Hall–Kier alpha value is -0.120. The minimum atomic E-state index is 0.105. The zero-order valence-electron chi connectivity index (χ0n) is 12.6. The van der Waals surface area contributed by atoms with E-state index in [-0.39, 0.29) is 5.60 Å². The van der Waals surface area contributed by atoms with Gasteiger partial charge in [-0.3, -0.25) is 0 Å². The summed E-state index contributed by atoms with van der Waals surface area (Å²) in [5.41, 5.74) is 0.105. The monoisotopic (exact) mass is 269 g/mol. The van der Waals surface area contributed by atoms with E-state index in [1.807, 2.05) is 0 Å². The molecule has 0 spiro atoms. The first-order valence-electron chi connectivity index (χ1n) is 8.31. The minimum Gasteiger partial charge on any atom is -0.381 e. The molecule has 112 valence electrons. The third kappa shape index (κ3) is 5.05. The summed E-state index contributed by atoms with van der Waals surface area (Å²) in [7, 11) is 0. The Balaban J connectivity index is 1.90. The Morgan fingerprint density at radius 3 is 2.42 bits per heavy atom. The lowest BCUT2D eigenvalue weighted by molar-refractivity contribution is -0.131. The van der Waals surface area contributed by atoms with Crippen molar-refractivity contribution in [3.05, 3.63) is 0 Å². The van der Waals surface area contributed by atoms with E-state index in [0.717, 1.165) is 39.1 Å². The number of rotatable bonds is 6. The standard InChI is InChI=1S/C16H31NO2/c1-2-11-17-14-16(9-5-3-4-6-10-16)19-15-7-12-18-13-8-15/h15,17H,2-14H2,1H3. The maximum absolute atomic E-state index is 6.60. The molecule has 0 amide bonds. The fourth-order valence-corrected chi connectivity index (χ4v) is 3.35. The first kappa shape index (κ1) is 15.3. The molecule has 0 aromatic heterocycles. The molecular formula is C16H31NO2. The van der Waals surface area contributed by atoms with Crippen LogP contribution in [0.15, 0.2) is 0 Å². The van der Waals surface area contributed by atoms with Gasteiger partial charge in [-0.1, -0.05) is 32.6 Å². The third-order valence-corrected chi connectivity index (χ3v) is 4.47. The zero-order valence-corrected chi connectivity index (χ0v) is 12.6. The van der Waals surface area contributed by atoms with E-state index < -0.39 is 0 Å². The maximum Gasteiger partial charge on any atom is 0.0810 e. The number of hydrogen-bond donors (Lipinski definition) is 1. The smallest absolute Gasteiger partial charge is 0.0810 e. The van der Waals surface area contributed by atoms with E-state index in [9.17, 15) is 0 Å². The molecule has 1 saturated heterocycles. The van der Waals surface area contributed by atoms with Gasteiger partial charge in [0, 0.05) is 19.8 Å². The zero-order chi connectivity index (χ0) is 13.4. The van der Waals surface area contributed by atoms with Crippen LogP contribution in [-0.4, -0.2) is 38.0 Å². The second-order valence-electron chi connectivity index (χ2n) is 6.20. The molecule has 0 unspecified atom stereocenters. The predicted octanol–water partition coefficient (Wildman–Crippen LogP) is 3.27. The van der Waals surface area contributed by atoms with Crippen molar-refractivity contribution in [2.24, 2.45) is 0 Å². The van der Waals surface area contributed by atoms with Crippen molar-refractivity contribution in [1.29, 1.82) is 0 Å². The molecule has 0 bridgehead atoms. The molecule has 0 radical (unpaired) electrons. The van der Waals surface area contributed by atoms with E-state index >= 15 is 0 Å². The molecule has 3 heteroatoms. The summed E-state index contributed by atoms with van der Waals surface area (Å²) >= 11 is 0. The van der Waals surface area contributed by atoms with Gasteiger partial charge in [0.1, 0.15) is 0 Å². The molecule has 2 fully saturated rings. The van der Waals surface area contributed by atoms with Crippen molar-refractivity contribution in [3.8, 4) is 0 Å². The topological polar surface area (TPSA) is 30.5 Å². The number of ether oxygens (including phenoxy) is 2. The van der Waals surface area contributed by atoms with E-state index in [4.69, 9.17) is 9.47 Å². The van der Waals surface area contributed by atoms with Crippen molar-refractivity contribution in [2.75, 3.05) is 26.3 Å². The fourth-order valence-electron chi connectivity index (χ4n) is 3.35. The van der Waals surface area contributed by atoms with E-state index in [1.165, 1.54) is 44.9 Å². The van der Waals surface area contributed by atoms with E-state index in [1.54, 1.807) is 0 Å². The molecule has 1 aliphatic heterocycles. The minimum absolute atomic E-state index is 0.105. The van der Waals surface area contributed by atoms with E-state index in [2.05, 4.69) is 12.2 Å². The molecular weight excluding hydrogens is 238 g/mol. The van der Waals surface area contributed by atoms with Crippen LogP contribution in [0.4, 0.5) is 0 Å². The van der Waals surface area contributed by atoms with Crippen LogP contribution >= 0.6 is 0 Å². The summed E-state index contributed by atoms with van der Waals surface area (Å²) in [6, 6.07) is 0. The highest BCUT2D eigenvalue weighted by molar-refractivity contribution is 4.87. The van der Waals surface area contributed by atoms with Gasteiger partial charge in [0.05, 0.1) is 11.7 Å². The normalized spacial score (nSPS) is 25.1. The summed E-state index contributed by atoms with van der Waals surface area (Å²) in [5, 5.41) is 3.61. The lowest BCUT2D eigenvalue weighted by Gasteiger charge is -2.38. The Bertz CT molecular complexity index is 231. The summed E-state index contributed by atoms with van der Waals surface area (Å²) in [4.78, 5) is 0. The quantitative estimate of drug-likeness (QED) is 0.593. The van der Waals surface area contributed by atoms with Gasteiger partial charge in [0.2, 0.25) is 0 Å². The lowest BCUT2D eigenvalue weighted by atomic mass is 9.93. The molecule has 1 N–H and O–H groups in total. The van der Waals surface area contributed by atoms with Crippen LogP contribution in [0.2, 0.25) is 0 Å². The van der Waals surface area contributed by atoms with Crippen LogP contribution in [-0.2, 0) is 9.47 Å². The van der Waals surface area contributed by atoms with Gasteiger partial charge in [0.15, 0.2) is 0 Å². The second-order valence-corrected chi connectivity index (χ2v) is 6.20. The maximum atomic E-state index is 6.60. The Labute approximate surface area is 118 Å².